The maximum Gasteiger partial charge on any atom is 0.157 e. The van der Waals surface area contributed by atoms with Gasteiger partial charge in [-0.1, -0.05) is 84.0 Å². The van der Waals surface area contributed by atoms with E-state index in [9.17, 15) is 5.11 Å². The van der Waals surface area contributed by atoms with Gasteiger partial charge in [-0.05, 0) is 38.5 Å². The summed E-state index contributed by atoms with van der Waals surface area (Å²) in [6.45, 7) is 3.97. The lowest BCUT2D eigenvalue weighted by Gasteiger charge is -2.22. The monoisotopic (exact) mass is 370 g/mol. The van der Waals surface area contributed by atoms with Crippen molar-refractivity contribution in [2.45, 2.75) is 135 Å². The molecule has 1 rings (SSSR count). The molecule has 0 saturated carbocycles. The van der Waals surface area contributed by atoms with Crippen LogP contribution in [-0.4, -0.2) is 30.7 Å². The third-order valence-corrected chi connectivity index (χ3v) is 5.51. The zero-order chi connectivity index (χ0) is 18.7. The van der Waals surface area contributed by atoms with Crippen molar-refractivity contribution in [3.05, 3.63) is 0 Å². The van der Waals surface area contributed by atoms with E-state index in [0.29, 0.717) is 0 Å². The van der Waals surface area contributed by atoms with Crippen molar-refractivity contribution in [3.8, 4) is 0 Å². The molecule has 26 heavy (non-hydrogen) atoms. The minimum absolute atomic E-state index is 0.0650. The Hall–Kier alpha value is -0.120. The van der Waals surface area contributed by atoms with Crippen molar-refractivity contribution in [1.29, 1.82) is 0 Å². The van der Waals surface area contributed by atoms with Crippen molar-refractivity contribution < 1.29 is 14.6 Å². The number of aliphatic hydroxyl groups is 1. The summed E-state index contributed by atoms with van der Waals surface area (Å²) in [5.74, 6) is 0. The van der Waals surface area contributed by atoms with Crippen LogP contribution in [0.1, 0.15) is 122 Å². The fourth-order valence-corrected chi connectivity index (χ4v) is 3.73. The van der Waals surface area contributed by atoms with E-state index in [1.165, 1.54) is 89.9 Å². The smallest absolute Gasteiger partial charge is 0.157 e. The zero-order valence-electron chi connectivity index (χ0n) is 17.6. The molecule has 2 atom stereocenters. The van der Waals surface area contributed by atoms with E-state index in [0.717, 1.165) is 38.9 Å². The molecule has 0 aromatic carbocycles. The van der Waals surface area contributed by atoms with Gasteiger partial charge in [-0.3, -0.25) is 0 Å². The van der Waals surface area contributed by atoms with Gasteiger partial charge in [0, 0.05) is 13.2 Å². The third kappa shape index (κ3) is 15.0. The van der Waals surface area contributed by atoms with Crippen LogP contribution in [0.15, 0.2) is 0 Å². The number of unbranched alkanes of at least 4 members (excludes halogenated alkanes) is 11. The maximum absolute atomic E-state index is 10.1. The van der Waals surface area contributed by atoms with Crippen molar-refractivity contribution in [1.82, 2.24) is 0 Å². The van der Waals surface area contributed by atoms with E-state index in [1.54, 1.807) is 0 Å². The maximum atomic E-state index is 10.1. The lowest BCUT2D eigenvalue weighted by atomic mass is 10.0. The number of ether oxygens (including phenoxy) is 2. The quantitative estimate of drug-likeness (QED) is 0.271. The first-order valence-electron chi connectivity index (χ1n) is 11.7. The van der Waals surface area contributed by atoms with E-state index in [4.69, 9.17) is 9.47 Å². The molecule has 0 amide bonds. The molecule has 0 aliphatic carbocycles. The predicted octanol–water partition coefficient (Wildman–Crippen LogP) is 6.76. The normalized spacial score (nSPS) is 18.9. The lowest BCUT2D eigenvalue weighted by Crippen LogP contribution is -2.22. The third-order valence-electron chi connectivity index (χ3n) is 5.51. The highest BCUT2D eigenvalue weighted by Gasteiger charge is 2.13. The van der Waals surface area contributed by atoms with Gasteiger partial charge in [-0.15, -0.1) is 0 Å². The van der Waals surface area contributed by atoms with Crippen molar-refractivity contribution in [2.24, 2.45) is 0 Å². The summed E-state index contributed by atoms with van der Waals surface area (Å²) in [6, 6.07) is 0. The minimum Gasteiger partial charge on any atom is -0.393 e. The van der Waals surface area contributed by atoms with Crippen LogP contribution >= 0.6 is 0 Å². The first kappa shape index (κ1) is 23.9. The largest absolute Gasteiger partial charge is 0.393 e. The molecule has 1 N–H and O–H groups in total. The SMILES string of the molecule is CCCCCCCCCCC(O)CCCCCCCOC1CCCCO1. The second kappa shape index (κ2) is 18.3. The predicted molar refractivity (Wildman–Crippen MR) is 110 cm³/mol. The van der Waals surface area contributed by atoms with E-state index < -0.39 is 0 Å². The van der Waals surface area contributed by atoms with Gasteiger partial charge in [0.25, 0.3) is 0 Å². The summed E-state index contributed by atoms with van der Waals surface area (Å²) in [7, 11) is 0. The zero-order valence-corrected chi connectivity index (χ0v) is 17.6. The van der Waals surface area contributed by atoms with Crippen LogP contribution in [0.2, 0.25) is 0 Å². The van der Waals surface area contributed by atoms with Gasteiger partial charge in [-0.25, -0.2) is 0 Å². The minimum atomic E-state index is -0.0677. The number of hydrogen-bond donors (Lipinski definition) is 1. The second-order valence-electron chi connectivity index (χ2n) is 8.14. The van der Waals surface area contributed by atoms with Crippen LogP contribution in [0.3, 0.4) is 0 Å². The van der Waals surface area contributed by atoms with Crippen LogP contribution < -0.4 is 0 Å². The Morgan fingerprint density at radius 1 is 0.808 bits per heavy atom. The van der Waals surface area contributed by atoms with Gasteiger partial charge in [0.2, 0.25) is 0 Å². The standard InChI is InChI=1S/C23H46O3/c1-2-3-4-5-6-7-9-12-17-22(24)18-13-10-8-11-15-20-25-23-19-14-16-21-26-23/h22-24H,2-21H2,1H3. The van der Waals surface area contributed by atoms with Gasteiger partial charge in [0.15, 0.2) is 6.29 Å². The molecule has 1 aliphatic heterocycles. The van der Waals surface area contributed by atoms with Gasteiger partial charge in [0.05, 0.1) is 6.10 Å². The molecule has 0 aromatic rings. The summed E-state index contributed by atoms with van der Waals surface area (Å²) in [5.41, 5.74) is 0. The van der Waals surface area contributed by atoms with E-state index in [1.807, 2.05) is 0 Å². The first-order chi connectivity index (χ1) is 12.8. The summed E-state index contributed by atoms with van der Waals surface area (Å²) < 4.78 is 11.3. The van der Waals surface area contributed by atoms with Gasteiger partial charge >= 0.3 is 0 Å². The van der Waals surface area contributed by atoms with Crippen LogP contribution in [0.25, 0.3) is 0 Å². The fraction of sp³-hybridized carbons (Fsp3) is 1.00. The fourth-order valence-electron chi connectivity index (χ4n) is 3.73. The van der Waals surface area contributed by atoms with Crippen molar-refractivity contribution >= 4 is 0 Å². The van der Waals surface area contributed by atoms with Crippen molar-refractivity contribution in [3.63, 3.8) is 0 Å². The molecule has 1 heterocycles. The van der Waals surface area contributed by atoms with E-state index in [-0.39, 0.29) is 12.4 Å². The van der Waals surface area contributed by atoms with Gasteiger partial charge < -0.3 is 14.6 Å². The van der Waals surface area contributed by atoms with Crippen molar-refractivity contribution in [2.75, 3.05) is 13.2 Å². The Kier molecular flexibility index (Phi) is 16.8. The Morgan fingerprint density at radius 2 is 1.38 bits per heavy atom. The summed E-state index contributed by atoms with van der Waals surface area (Å²) in [5, 5.41) is 10.1. The second-order valence-corrected chi connectivity index (χ2v) is 8.14. The Morgan fingerprint density at radius 3 is 1.96 bits per heavy atom. The van der Waals surface area contributed by atoms with Crippen LogP contribution in [0, 0.1) is 0 Å². The summed E-state index contributed by atoms with van der Waals surface area (Å²) >= 11 is 0. The molecule has 3 heteroatoms. The average molecular weight is 371 g/mol. The molecule has 0 bridgehead atoms. The average Bonchev–Trinajstić information content (AvgIpc) is 2.67. The number of aliphatic hydroxyl groups excluding tert-OH is 1. The molecule has 0 radical (unpaired) electrons. The number of hydrogen-bond acceptors (Lipinski definition) is 3. The molecule has 1 saturated heterocycles. The highest BCUT2D eigenvalue weighted by atomic mass is 16.7. The van der Waals surface area contributed by atoms with E-state index >= 15 is 0 Å². The Bertz CT molecular complexity index is 277. The topological polar surface area (TPSA) is 38.7 Å². The Balaban J connectivity index is 1.74. The molecule has 0 spiro atoms. The molecular weight excluding hydrogens is 324 g/mol. The molecule has 1 aliphatic rings. The highest BCUT2D eigenvalue weighted by Crippen LogP contribution is 2.16. The molecule has 0 aromatic heterocycles. The van der Waals surface area contributed by atoms with E-state index in [2.05, 4.69) is 6.92 Å². The van der Waals surface area contributed by atoms with Crippen LogP contribution in [0.4, 0.5) is 0 Å². The number of rotatable bonds is 18. The Labute approximate surface area is 163 Å². The highest BCUT2D eigenvalue weighted by molar-refractivity contribution is 4.58. The lowest BCUT2D eigenvalue weighted by molar-refractivity contribution is -0.162. The molecule has 156 valence electrons. The molecule has 2 unspecified atom stereocenters. The summed E-state index contributed by atoms with van der Waals surface area (Å²) in [6.07, 6.45) is 22.3. The van der Waals surface area contributed by atoms with Gasteiger partial charge in [0.1, 0.15) is 0 Å². The molecule has 3 nitrogen and oxygen atoms in total. The molecule has 1 fully saturated rings. The van der Waals surface area contributed by atoms with Crippen LogP contribution in [-0.2, 0) is 9.47 Å². The van der Waals surface area contributed by atoms with Crippen LogP contribution in [0.5, 0.6) is 0 Å². The first-order valence-corrected chi connectivity index (χ1v) is 11.7. The molecular formula is C23H46O3. The van der Waals surface area contributed by atoms with Gasteiger partial charge in [-0.2, -0.15) is 0 Å². The summed E-state index contributed by atoms with van der Waals surface area (Å²) in [4.78, 5) is 0.